The Morgan fingerprint density at radius 3 is 2.52 bits per heavy atom. The topological polar surface area (TPSA) is 12.0 Å². The highest BCUT2D eigenvalue weighted by atomic mass is 19.1. The van der Waals surface area contributed by atoms with Crippen LogP contribution in [0.15, 0.2) is 48.5 Å². The van der Waals surface area contributed by atoms with Crippen molar-refractivity contribution in [2.75, 3.05) is 6.54 Å². The van der Waals surface area contributed by atoms with Gasteiger partial charge in [-0.3, -0.25) is 0 Å². The number of hydrogen-bond donors (Lipinski definition) is 1. The van der Waals surface area contributed by atoms with Crippen LogP contribution in [0.5, 0.6) is 0 Å². The summed E-state index contributed by atoms with van der Waals surface area (Å²) in [6.45, 7) is 4.93. The minimum atomic E-state index is -0.143. The number of halogens is 1. The normalized spacial score (nSPS) is 12.3. The zero-order chi connectivity index (χ0) is 15.1. The minimum absolute atomic E-state index is 0.143. The highest BCUT2D eigenvalue weighted by molar-refractivity contribution is 5.26. The van der Waals surface area contributed by atoms with Crippen LogP contribution in [-0.2, 0) is 6.42 Å². The van der Waals surface area contributed by atoms with E-state index in [0.717, 1.165) is 36.9 Å². The average Bonchev–Trinajstić information content (AvgIpc) is 2.46. The molecule has 2 aromatic carbocycles. The molecular formula is C19H24FN. The molecule has 0 bridgehead atoms. The molecule has 0 saturated carbocycles. The van der Waals surface area contributed by atoms with Crippen molar-refractivity contribution in [1.29, 1.82) is 0 Å². The number of nitrogens with one attached hydrogen (secondary N) is 1. The van der Waals surface area contributed by atoms with Crippen molar-refractivity contribution < 1.29 is 4.39 Å². The summed E-state index contributed by atoms with van der Waals surface area (Å²) in [7, 11) is 0. The summed E-state index contributed by atoms with van der Waals surface area (Å²) in [5.74, 6) is -0.143. The van der Waals surface area contributed by atoms with E-state index in [-0.39, 0.29) is 11.9 Å². The van der Waals surface area contributed by atoms with Gasteiger partial charge in [-0.15, -0.1) is 0 Å². The van der Waals surface area contributed by atoms with Crippen molar-refractivity contribution in [3.8, 4) is 0 Å². The number of rotatable bonds is 7. The first-order chi connectivity index (χ1) is 10.2. The maximum absolute atomic E-state index is 13.6. The van der Waals surface area contributed by atoms with Gasteiger partial charge in [0.05, 0.1) is 0 Å². The van der Waals surface area contributed by atoms with Crippen LogP contribution in [0, 0.1) is 12.7 Å². The molecule has 0 radical (unpaired) electrons. The van der Waals surface area contributed by atoms with Crippen molar-refractivity contribution in [3.63, 3.8) is 0 Å². The Bertz CT molecular complexity index is 530. The molecule has 1 atom stereocenters. The fourth-order valence-electron chi connectivity index (χ4n) is 2.75. The quantitative estimate of drug-likeness (QED) is 0.770. The Morgan fingerprint density at radius 2 is 1.86 bits per heavy atom. The second-order valence-electron chi connectivity index (χ2n) is 5.55. The van der Waals surface area contributed by atoms with E-state index in [9.17, 15) is 4.39 Å². The SMILES string of the molecule is CCNC(CCCc1ccccc1)c1cc(C)cc(F)c1. The third-order valence-electron chi connectivity index (χ3n) is 3.72. The molecule has 112 valence electrons. The zero-order valence-corrected chi connectivity index (χ0v) is 12.9. The largest absolute Gasteiger partial charge is 0.310 e. The summed E-state index contributed by atoms with van der Waals surface area (Å²) in [4.78, 5) is 0. The van der Waals surface area contributed by atoms with Crippen LogP contribution in [0.1, 0.15) is 42.5 Å². The smallest absolute Gasteiger partial charge is 0.123 e. The second kappa shape index (κ2) is 7.94. The van der Waals surface area contributed by atoms with E-state index in [2.05, 4.69) is 42.6 Å². The van der Waals surface area contributed by atoms with E-state index in [1.54, 1.807) is 12.1 Å². The predicted molar refractivity (Wildman–Crippen MR) is 86.9 cm³/mol. The van der Waals surface area contributed by atoms with E-state index < -0.39 is 0 Å². The molecule has 0 aliphatic carbocycles. The molecule has 1 nitrogen and oxygen atoms in total. The molecule has 2 rings (SSSR count). The highest BCUT2D eigenvalue weighted by Gasteiger charge is 2.11. The van der Waals surface area contributed by atoms with Gasteiger partial charge < -0.3 is 5.32 Å². The Hall–Kier alpha value is -1.67. The Morgan fingerprint density at radius 1 is 1.10 bits per heavy atom. The molecule has 1 N–H and O–H groups in total. The van der Waals surface area contributed by atoms with Crippen LogP contribution in [0.25, 0.3) is 0 Å². The third-order valence-corrected chi connectivity index (χ3v) is 3.72. The molecule has 0 heterocycles. The van der Waals surface area contributed by atoms with Gasteiger partial charge in [0, 0.05) is 6.04 Å². The molecule has 0 aliphatic heterocycles. The maximum atomic E-state index is 13.6. The van der Waals surface area contributed by atoms with Crippen molar-refractivity contribution in [2.24, 2.45) is 0 Å². The first-order valence-corrected chi connectivity index (χ1v) is 7.73. The molecule has 0 aromatic heterocycles. The van der Waals surface area contributed by atoms with E-state index >= 15 is 0 Å². The molecule has 2 aromatic rings. The van der Waals surface area contributed by atoms with Crippen molar-refractivity contribution in [1.82, 2.24) is 5.32 Å². The van der Waals surface area contributed by atoms with Crippen LogP contribution in [0.2, 0.25) is 0 Å². The molecule has 21 heavy (non-hydrogen) atoms. The van der Waals surface area contributed by atoms with Crippen molar-refractivity contribution >= 4 is 0 Å². The van der Waals surface area contributed by atoms with Crippen LogP contribution < -0.4 is 5.32 Å². The summed E-state index contributed by atoms with van der Waals surface area (Å²) in [5, 5.41) is 3.47. The van der Waals surface area contributed by atoms with Crippen LogP contribution in [0.3, 0.4) is 0 Å². The summed E-state index contributed by atoms with van der Waals surface area (Å²) in [6.07, 6.45) is 3.18. The molecule has 0 fully saturated rings. The lowest BCUT2D eigenvalue weighted by Crippen LogP contribution is -2.21. The molecule has 0 spiro atoms. The predicted octanol–water partition coefficient (Wildman–Crippen LogP) is 4.81. The number of hydrogen-bond acceptors (Lipinski definition) is 1. The van der Waals surface area contributed by atoms with Gasteiger partial charge in [-0.25, -0.2) is 4.39 Å². The second-order valence-corrected chi connectivity index (χ2v) is 5.55. The molecule has 2 heteroatoms. The van der Waals surface area contributed by atoms with E-state index in [1.165, 1.54) is 5.56 Å². The first-order valence-electron chi connectivity index (χ1n) is 7.73. The van der Waals surface area contributed by atoms with E-state index in [4.69, 9.17) is 0 Å². The van der Waals surface area contributed by atoms with Gasteiger partial charge >= 0.3 is 0 Å². The van der Waals surface area contributed by atoms with Gasteiger partial charge in [0.2, 0.25) is 0 Å². The monoisotopic (exact) mass is 285 g/mol. The van der Waals surface area contributed by atoms with Crippen LogP contribution >= 0.6 is 0 Å². The average molecular weight is 285 g/mol. The molecule has 0 saturated heterocycles. The lowest BCUT2D eigenvalue weighted by atomic mass is 9.97. The van der Waals surface area contributed by atoms with Crippen LogP contribution in [-0.4, -0.2) is 6.54 Å². The standard InChI is InChI=1S/C19H24FN/c1-3-21-19(17-12-15(2)13-18(20)14-17)11-7-10-16-8-5-4-6-9-16/h4-6,8-9,12-14,19,21H,3,7,10-11H2,1-2H3. The summed E-state index contributed by atoms with van der Waals surface area (Å²) in [5.41, 5.74) is 3.40. The summed E-state index contributed by atoms with van der Waals surface area (Å²) < 4.78 is 13.6. The van der Waals surface area contributed by atoms with Crippen molar-refractivity contribution in [2.45, 2.75) is 39.2 Å². The van der Waals surface area contributed by atoms with Gasteiger partial charge in [0.15, 0.2) is 0 Å². The highest BCUT2D eigenvalue weighted by Crippen LogP contribution is 2.22. The number of benzene rings is 2. The Kier molecular flexibility index (Phi) is 5.94. The summed E-state index contributed by atoms with van der Waals surface area (Å²) in [6, 6.07) is 16.1. The maximum Gasteiger partial charge on any atom is 0.123 e. The molecule has 0 aliphatic rings. The number of aryl methyl sites for hydroxylation is 2. The van der Waals surface area contributed by atoms with E-state index in [0.29, 0.717) is 0 Å². The minimum Gasteiger partial charge on any atom is -0.310 e. The van der Waals surface area contributed by atoms with Gasteiger partial charge in [-0.05, 0) is 61.6 Å². The fraction of sp³-hybridized carbons (Fsp3) is 0.368. The molecule has 1 unspecified atom stereocenters. The molecule has 0 amide bonds. The van der Waals surface area contributed by atoms with Gasteiger partial charge in [0.1, 0.15) is 5.82 Å². The lowest BCUT2D eigenvalue weighted by Gasteiger charge is -2.19. The van der Waals surface area contributed by atoms with Gasteiger partial charge in [0.25, 0.3) is 0 Å². The fourth-order valence-corrected chi connectivity index (χ4v) is 2.75. The lowest BCUT2D eigenvalue weighted by molar-refractivity contribution is 0.494. The zero-order valence-electron chi connectivity index (χ0n) is 12.9. The molecular weight excluding hydrogens is 261 g/mol. The first kappa shape index (κ1) is 15.7. The Balaban J connectivity index is 1.98. The Labute approximate surface area is 127 Å². The van der Waals surface area contributed by atoms with Crippen LogP contribution in [0.4, 0.5) is 4.39 Å². The van der Waals surface area contributed by atoms with Crippen molar-refractivity contribution in [3.05, 3.63) is 71.0 Å². The van der Waals surface area contributed by atoms with Gasteiger partial charge in [-0.2, -0.15) is 0 Å². The summed E-state index contributed by atoms with van der Waals surface area (Å²) >= 11 is 0. The van der Waals surface area contributed by atoms with E-state index in [1.807, 2.05) is 13.0 Å². The van der Waals surface area contributed by atoms with Gasteiger partial charge in [-0.1, -0.05) is 43.3 Å². The third kappa shape index (κ3) is 4.98.